The van der Waals surface area contributed by atoms with Crippen LogP contribution in [0.2, 0.25) is 0 Å². The highest BCUT2D eigenvalue weighted by atomic mass is 32.1. The average Bonchev–Trinajstić information content (AvgIpc) is 3.96. The Morgan fingerprint density at radius 2 is 1.35 bits per heavy atom. The third kappa shape index (κ3) is 12.1. The average molecular weight is 1090 g/mol. The summed E-state index contributed by atoms with van der Waals surface area (Å²) >= 11 is 2.58. The molecule has 2 amide bonds. The summed E-state index contributed by atoms with van der Waals surface area (Å²) in [7, 11) is 5.53. The smallest absolute Gasteiger partial charge is 0.304 e. The van der Waals surface area contributed by atoms with Gasteiger partial charge in [0.25, 0.3) is 0 Å². The lowest BCUT2D eigenvalue weighted by atomic mass is 9.90. The molecule has 8 aromatic rings. The number of carbonyl (C=O) groups excluding carboxylic acids is 2. The van der Waals surface area contributed by atoms with Crippen molar-refractivity contribution in [3.63, 3.8) is 0 Å². The first kappa shape index (κ1) is 53.5. The number of pyridine rings is 2. The van der Waals surface area contributed by atoms with E-state index in [0.717, 1.165) is 89.7 Å². The van der Waals surface area contributed by atoms with Crippen molar-refractivity contribution in [3.05, 3.63) is 131 Å². The van der Waals surface area contributed by atoms with Crippen molar-refractivity contribution in [1.82, 2.24) is 24.5 Å². The maximum Gasteiger partial charge on any atom is 0.304 e. The largest absolute Gasteiger partial charge is 0.488 e. The molecule has 11 rings (SSSR count). The first-order valence-corrected chi connectivity index (χ1v) is 27.8. The number of aryl methyl sites for hydroxylation is 1. The van der Waals surface area contributed by atoms with Crippen molar-refractivity contribution < 1.29 is 42.9 Å². The second-order valence-corrected chi connectivity index (χ2v) is 22.0. The van der Waals surface area contributed by atoms with Gasteiger partial charge in [-0.3, -0.25) is 29.0 Å². The zero-order valence-electron chi connectivity index (χ0n) is 43.4. The van der Waals surface area contributed by atoms with Crippen LogP contribution in [0.5, 0.6) is 5.75 Å². The van der Waals surface area contributed by atoms with Crippen molar-refractivity contribution >= 4 is 73.5 Å². The Hall–Kier alpha value is -7.90. The molecule has 6 heterocycles. The van der Waals surface area contributed by atoms with Crippen molar-refractivity contribution in [3.8, 4) is 50.5 Å². The lowest BCUT2D eigenvalue weighted by molar-refractivity contribution is -0.141. The van der Waals surface area contributed by atoms with E-state index >= 15 is 0 Å². The maximum absolute atomic E-state index is 14.5. The number of ether oxygens (including phenoxy) is 1. The van der Waals surface area contributed by atoms with Crippen molar-refractivity contribution in [2.45, 2.75) is 70.3 Å². The van der Waals surface area contributed by atoms with E-state index in [4.69, 9.17) is 9.72 Å². The van der Waals surface area contributed by atoms with Gasteiger partial charge in [0.2, 0.25) is 11.8 Å². The molecule has 5 aromatic heterocycles. The molecule has 2 aliphatic carbocycles. The predicted octanol–water partition coefficient (Wildman–Crippen LogP) is 11.8. The fourth-order valence-electron chi connectivity index (χ4n) is 10.5. The number of fused-ring (bicyclic) bond motifs is 2. The normalized spacial score (nSPS) is 15.0. The topological polar surface area (TPSA) is 184 Å². The number of nitrogens with zero attached hydrogens (tertiary/aromatic N) is 8. The quantitative estimate of drug-likeness (QED) is 0.0881. The lowest BCUT2D eigenvalue weighted by Gasteiger charge is -2.26. The molecule has 15 nitrogen and oxygen atoms in total. The first-order valence-electron chi connectivity index (χ1n) is 26.0. The Kier molecular flexibility index (Phi) is 16.0. The van der Waals surface area contributed by atoms with Gasteiger partial charge in [0.05, 0.1) is 36.7 Å². The standard InChI is InChI=1S/C31H29FN4O4S.C28H29FN4O3S/c1-35-11-12-40-27-14-21(17-33-29(27)35)24-10-7-22(32)16-25(24)26-18-41-31(34-26)36(23-8-9-23)30(39)20(15-28(37)38)13-19-5-3-2-4-6-19;1-32-10-9-18-12-20(15-30-26(18)32)22-8-7-21(29)14-23(22)24-16-37-28(31-24)33(2)27(36)19(13-25(34)35)11-17-5-3-4-6-17/h2-7,10,14,16-18,20,23H,8-9,11-13,15H2,1H3,(H,37,38);7-10,12,14-17,19H,3-6,11,13H2,1-2H3,(H,34,35)/t20-;19-/m11/s1. The number of hydrogen-bond donors (Lipinski definition) is 2. The Morgan fingerprint density at radius 1 is 0.731 bits per heavy atom. The number of rotatable bonds is 17. The summed E-state index contributed by atoms with van der Waals surface area (Å²) in [5.74, 6) is -2.79. The molecular formula is C59H58F2N8O7S2. The fraction of sp³-hybridized carbons (Fsp3) is 0.322. The highest BCUT2D eigenvalue weighted by molar-refractivity contribution is 7.14. The van der Waals surface area contributed by atoms with Crippen LogP contribution in [0.25, 0.3) is 55.8 Å². The molecule has 2 fully saturated rings. The van der Waals surface area contributed by atoms with Gasteiger partial charge in [-0.1, -0.05) is 68.1 Å². The maximum atomic E-state index is 14.5. The number of likely N-dealkylation sites (N-methyl/N-ethyl adjacent to an activating group) is 1. The van der Waals surface area contributed by atoms with Crippen molar-refractivity contribution in [1.29, 1.82) is 0 Å². The summed E-state index contributed by atoms with van der Waals surface area (Å²) in [6.07, 6.45) is 11.9. The van der Waals surface area contributed by atoms with Crippen LogP contribution in [0.1, 0.15) is 63.4 Å². The first-order chi connectivity index (χ1) is 37.7. The molecule has 0 bridgehead atoms. The minimum Gasteiger partial charge on any atom is -0.488 e. The van der Waals surface area contributed by atoms with Crippen LogP contribution in [0.4, 0.5) is 24.9 Å². The number of halogens is 2. The summed E-state index contributed by atoms with van der Waals surface area (Å²) in [5, 5.41) is 24.5. The minimum atomic E-state index is -1.02. The Morgan fingerprint density at radius 3 is 2.00 bits per heavy atom. The van der Waals surface area contributed by atoms with E-state index in [9.17, 15) is 38.2 Å². The molecule has 2 N–H and O–H groups in total. The van der Waals surface area contributed by atoms with Crippen LogP contribution in [0, 0.1) is 29.4 Å². The van der Waals surface area contributed by atoms with Gasteiger partial charge in [0.15, 0.2) is 21.8 Å². The van der Waals surface area contributed by atoms with Crippen molar-refractivity contribution in [2.24, 2.45) is 24.8 Å². The van der Waals surface area contributed by atoms with Crippen LogP contribution in [-0.2, 0) is 32.6 Å². The van der Waals surface area contributed by atoms with Gasteiger partial charge in [-0.15, -0.1) is 22.7 Å². The number of hydrogen-bond acceptors (Lipinski definition) is 12. The number of carboxylic acids is 2. The molecule has 1 aliphatic heterocycles. The zero-order chi connectivity index (χ0) is 54.6. The van der Waals surface area contributed by atoms with E-state index in [-0.39, 0.29) is 36.5 Å². The highest BCUT2D eigenvalue weighted by Crippen LogP contribution is 2.42. The lowest BCUT2D eigenvalue weighted by Crippen LogP contribution is -2.39. The second kappa shape index (κ2) is 23.4. The monoisotopic (exact) mass is 1090 g/mol. The molecule has 0 radical (unpaired) electrons. The summed E-state index contributed by atoms with van der Waals surface area (Å²) < 4.78 is 36.7. The SMILES string of the molecule is CN(C(=O)[C@@H](CC(=O)O)CC1CCCC1)c1nc(-c2cc(F)ccc2-c2cnc3c(ccn3C)c2)cs1.CN1CCOc2cc(-c3ccc(F)cc3-c3csc(N(C(=O)[C@@H](CC(=O)O)Cc4ccccc4)C4CC4)n3)cnc21. The van der Waals surface area contributed by atoms with Crippen LogP contribution in [0.3, 0.4) is 0 Å². The Bertz CT molecular complexity index is 3500. The number of aromatic nitrogens is 5. The second-order valence-electron chi connectivity index (χ2n) is 20.3. The molecule has 2 atom stereocenters. The van der Waals surface area contributed by atoms with Gasteiger partial charge < -0.3 is 24.4 Å². The minimum absolute atomic E-state index is 0.0282. The van der Waals surface area contributed by atoms with E-state index < -0.39 is 29.6 Å². The highest BCUT2D eigenvalue weighted by Gasteiger charge is 2.39. The summed E-state index contributed by atoms with van der Waals surface area (Å²) in [6.45, 7) is 1.30. The van der Waals surface area contributed by atoms with Gasteiger partial charge in [-0.05, 0) is 90.8 Å². The molecule has 0 saturated heterocycles. The molecule has 0 unspecified atom stereocenters. The molecular weight excluding hydrogens is 1030 g/mol. The molecule has 0 spiro atoms. The fourth-order valence-corrected chi connectivity index (χ4v) is 12.2. The van der Waals surface area contributed by atoms with Crippen LogP contribution in [-0.4, -0.2) is 91.8 Å². The summed E-state index contributed by atoms with van der Waals surface area (Å²) in [5.41, 5.74) is 7.16. The third-order valence-electron chi connectivity index (χ3n) is 14.6. The number of amides is 2. The summed E-state index contributed by atoms with van der Waals surface area (Å²) in [6, 6.07) is 24.4. The number of thiazole rings is 2. The third-order valence-corrected chi connectivity index (χ3v) is 16.4. The van der Waals surface area contributed by atoms with E-state index in [1.165, 1.54) is 51.8 Å². The zero-order valence-corrected chi connectivity index (χ0v) is 45.0. The molecule has 19 heteroatoms. The van der Waals surface area contributed by atoms with Crippen LogP contribution >= 0.6 is 22.7 Å². The van der Waals surface area contributed by atoms with E-state index in [2.05, 4.69) is 15.0 Å². The van der Waals surface area contributed by atoms with Gasteiger partial charge in [-0.2, -0.15) is 0 Å². The van der Waals surface area contributed by atoms with Gasteiger partial charge >= 0.3 is 11.9 Å². The van der Waals surface area contributed by atoms with Crippen LogP contribution in [0.15, 0.2) is 114 Å². The molecule has 3 aromatic carbocycles. The van der Waals surface area contributed by atoms with E-state index in [1.54, 1.807) is 41.9 Å². The van der Waals surface area contributed by atoms with Gasteiger partial charge in [-0.25, -0.2) is 28.7 Å². The number of aliphatic carboxylic acids is 2. The number of anilines is 3. The van der Waals surface area contributed by atoms with E-state index in [0.29, 0.717) is 63.9 Å². The van der Waals surface area contributed by atoms with Crippen LogP contribution < -0.4 is 19.4 Å². The number of carbonyl (C=O) groups is 4. The molecule has 402 valence electrons. The number of carboxylic acid groups (broad SMARTS) is 2. The number of benzene rings is 3. The molecule has 3 aliphatic rings. The van der Waals surface area contributed by atoms with Gasteiger partial charge in [0, 0.05) is 90.1 Å². The summed E-state index contributed by atoms with van der Waals surface area (Å²) in [4.78, 5) is 74.2. The Balaban J connectivity index is 0.000000177. The predicted molar refractivity (Wildman–Crippen MR) is 299 cm³/mol. The Labute approximate surface area is 457 Å². The van der Waals surface area contributed by atoms with Crippen molar-refractivity contribution in [2.75, 3.05) is 41.9 Å². The van der Waals surface area contributed by atoms with E-state index in [1.807, 2.05) is 83.7 Å². The van der Waals surface area contributed by atoms with Gasteiger partial charge in [0.1, 0.15) is 23.9 Å². The molecule has 78 heavy (non-hydrogen) atoms. The molecule has 2 saturated carbocycles.